The van der Waals surface area contributed by atoms with Gasteiger partial charge in [0.2, 0.25) is 0 Å². The van der Waals surface area contributed by atoms with Crippen LogP contribution < -0.4 is 0 Å². The minimum Gasteiger partial charge on any atom is -0.478 e. The molecule has 2 heterocycles. The highest BCUT2D eigenvalue weighted by Gasteiger charge is 2.37. The Bertz CT molecular complexity index is 1810. The number of carbonyl (C=O) groups is 3. The molecule has 37 heavy (non-hydrogen) atoms. The number of hydrogen-bond acceptors (Lipinski definition) is 4. The van der Waals surface area contributed by atoms with Crippen LogP contribution in [0.4, 0.5) is 0 Å². The zero-order chi connectivity index (χ0) is 25.8. The van der Waals surface area contributed by atoms with Gasteiger partial charge in [-0.2, -0.15) is 0 Å². The zero-order valence-electron chi connectivity index (χ0n) is 20.3. The van der Waals surface area contributed by atoms with Gasteiger partial charge in [0.05, 0.1) is 34.3 Å². The number of hydrogen-bond donors (Lipinski definition) is 1. The fraction of sp³-hybridized carbons (Fsp3) is 0.0968. The first-order chi connectivity index (χ1) is 17.8. The normalized spacial score (nSPS) is 13.0. The predicted octanol–water partition coefficient (Wildman–Crippen LogP) is 6.17. The quantitative estimate of drug-likeness (QED) is 0.243. The molecular weight excluding hydrogens is 464 g/mol. The minimum absolute atomic E-state index is 0.0610. The summed E-state index contributed by atoms with van der Waals surface area (Å²) in [5.74, 6) is -1.71. The molecule has 2 amide bonds. The number of carboxylic acid groups (broad SMARTS) is 1. The highest BCUT2D eigenvalue weighted by molar-refractivity contribution is 6.24. The van der Waals surface area contributed by atoms with Gasteiger partial charge in [0.1, 0.15) is 0 Å². The van der Waals surface area contributed by atoms with Crippen molar-refractivity contribution in [1.82, 2.24) is 9.88 Å². The molecule has 1 N–H and O–H groups in total. The number of benzene rings is 4. The van der Waals surface area contributed by atoms with Gasteiger partial charge in [-0.3, -0.25) is 14.5 Å². The van der Waals surface area contributed by atoms with Crippen LogP contribution in [0, 0.1) is 13.8 Å². The van der Waals surface area contributed by atoms with Crippen molar-refractivity contribution in [1.29, 1.82) is 0 Å². The van der Waals surface area contributed by atoms with E-state index in [9.17, 15) is 19.5 Å². The second-order valence-electron chi connectivity index (χ2n) is 9.33. The summed E-state index contributed by atoms with van der Waals surface area (Å²) in [6.45, 7) is 4.10. The molecular formula is C31H22N2O4. The summed E-state index contributed by atoms with van der Waals surface area (Å²) in [5, 5.41) is 11.0. The van der Waals surface area contributed by atoms with Crippen molar-refractivity contribution in [3.8, 4) is 11.1 Å². The Morgan fingerprint density at radius 3 is 2.30 bits per heavy atom. The van der Waals surface area contributed by atoms with Gasteiger partial charge in [-0.15, -0.1) is 0 Å². The second-order valence-corrected chi connectivity index (χ2v) is 9.33. The summed E-state index contributed by atoms with van der Waals surface area (Å²) in [6.07, 6.45) is 0. The molecule has 0 aliphatic carbocycles. The molecule has 0 fully saturated rings. The largest absolute Gasteiger partial charge is 0.478 e. The third-order valence-electron chi connectivity index (χ3n) is 7.19. The molecule has 0 unspecified atom stereocenters. The van der Waals surface area contributed by atoms with E-state index in [0.717, 1.165) is 22.3 Å². The van der Waals surface area contributed by atoms with Crippen LogP contribution in [0.15, 0.2) is 78.9 Å². The van der Waals surface area contributed by atoms with Crippen LogP contribution in [0.25, 0.3) is 32.9 Å². The third-order valence-corrected chi connectivity index (χ3v) is 7.19. The minimum atomic E-state index is -1.03. The smallest absolute Gasteiger partial charge is 0.337 e. The molecule has 1 aromatic heterocycles. The number of aromatic nitrogens is 1. The van der Waals surface area contributed by atoms with Crippen LogP contribution in [-0.4, -0.2) is 32.8 Å². The van der Waals surface area contributed by atoms with E-state index in [1.807, 2.05) is 50.2 Å². The van der Waals surface area contributed by atoms with Crippen molar-refractivity contribution >= 4 is 39.6 Å². The van der Waals surface area contributed by atoms with Gasteiger partial charge in [0.25, 0.3) is 11.8 Å². The number of pyridine rings is 1. The summed E-state index contributed by atoms with van der Waals surface area (Å²) in [5.41, 5.74) is 6.61. The highest BCUT2D eigenvalue weighted by Crippen LogP contribution is 2.36. The number of rotatable bonds is 4. The van der Waals surface area contributed by atoms with Gasteiger partial charge >= 0.3 is 5.97 Å². The van der Waals surface area contributed by atoms with Crippen molar-refractivity contribution in [3.63, 3.8) is 0 Å². The van der Waals surface area contributed by atoms with Crippen LogP contribution >= 0.6 is 0 Å². The molecule has 6 rings (SSSR count). The third kappa shape index (κ3) is 3.49. The van der Waals surface area contributed by atoms with Gasteiger partial charge in [0.15, 0.2) is 0 Å². The molecule has 0 bridgehead atoms. The lowest BCUT2D eigenvalue weighted by molar-refractivity contribution is 0.0640. The number of fused-ring (bicyclic) bond motifs is 3. The summed E-state index contributed by atoms with van der Waals surface area (Å²) >= 11 is 0. The van der Waals surface area contributed by atoms with Crippen molar-refractivity contribution in [3.05, 3.63) is 112 Å². The molecule has 180 valence electrons. The van der Waals surface area contributed by atoms with E-state index in [2.05, 4.69) is 4.98 Å². The van der Waals surface area contributed by atoms with E-state index in [1.54, 1.807) is 42.5 Å². The Hall–Kier alpha value is -4.84. The van der Waals surface area contributed by atoms with Crippen LogP contribution in [-0.2, 0) is 6.54 Å². The van der Waals surface area contributed by atoms with E-state index in [4.69, 9.17) is 0 Å². The number of amides is 2. The summed E-state index contributed by atoms with van der Waals surface area (Å²) in [4.78, 5) is 44.9. The molecule has 6 nitrogen and oxygen atoms in total. The zero-order valence-corrected chi connectivity index (χ0v) is 20.3. The SMILES string of the molecule is Cc1cccc(-c2cccc3c2C(=O)N(Cc2ccc4c(C(=O)O)c5ccccc5nc4c2)C3=O)c1C. The Morgan fingerprint density at radius 1 is 0.784 bits per heavy atom. The first-order valence-electron chi connectivity index (χ1n) is 12.0. The van der Waals surface area contributed by atoms with Crippen molar-refractivity contribution in [2.75, 3.05) is 0 Å². The van der Waals surface area contributed by atoms with E-state index in [1.165, 1.54) is 4.90 Å². The van der Waals surface area contributed by atoms with Crippen LogP contribution in [0.3, 0.4) is 0 Å². The maximum Gasteiger partial charge on any atom is 0.337 e. The summed E-state index contributed by atoms with van der Waals surface area (Å²) in [7, 11) is 0. The topological polar surface area (TPSA) is 87.6 Å². The average Bonchev–Trinajstić information content (AvgIpc) is 3.13. The summed E-state index contributed by atoms with van der Waals surface area (Å²) in [6, 6.07) is 23.6. The number of aromatic carboxylic acids is 1. The molecule has 0 saturated heterocycles. The van der Waals surface area contributed by atoms with Crippen LogP contribution in [0.1, 0.15) is 47.8 Å². The number of nitrogens with zero attached hydrogens (tertiary/aromatic N) is 2. The molecule has 1 aliphatic rings. The Labute approximate surface area is 212 Å². The Morgan fingerprint density at radius 2 is 1.49 bits per heavy atom. The second kappa shape index (κ2) is 8.38. The Kier molecular flexibility index (Phi) is 5.12. The maximum absolute atomic E-state index is 13.6. The monoisotopic (exact) mass is 486 g/mol. The fourth-order valence-electron chi connectivity index (χ4n) is 5.19. The first kappa shape index (κ1) is 22.6. The molecule has 1 aliphatic heterocycles. The van der Waals surface area contributed by atoms with Gasteiger partial charge in [-0.05, 0) is 59.9 Å². The molecule has 5 aromatic rings. The molecule has 4 aromatic carbocycles. The van der Waals surface area contributed by atoms with E-state index >= 15 is 0 Å². The lowest BCUT2D eigenvalue weighted by Gasteiger charge is -2.16. The first-order valence-corrected chi connectivity index (χ1v) is 12.0. The van der Waals surface area contributed by atoms with Crippen LogP contribution in [0.5, 0.6) is 0 Å². The molecule has 0 spiro atoms. The van der Waals surface area contributed by atoms with Crippen LogP contribution in [0.2, 0.25) is 0 Å². The van der Waals surface area contributed by atoms with E-state index < -0.39 is 5.97 Å². The van der Waals surface area contributed by atoms with E-state index in [-0.39, 0.29) is 23.9 Å². The predicted molar refractivity (Wildman–Crippen MR) is 142 cm³/mol. The van der Waals surface area contributed by atoms with Crippen molar-refractivity contribution in [2.45, 2.75) is 20.4 Å². The number of para-hydroxylation sites is 1. The van der Waals surface area contributed by atoms with Gasteiger partial charge in [-0.25, -0.2) is 9.78 Å². The lowest BCUT2D eigenvalue weighted by Crippen LogP contribution is -2.29. The number of aryl methyl sites for hydroxylation is 1. The maximum atomic E-state index is 13.6. The number of carbonyl (C=O) groups excluding carboxylic acids is 2. The standard InChI is InChI=1S/C31H22N2O4/c1-17-7-5-9-20(18(17)2)21-10-6-11-24-27(21)30(35)33(29(24)34)16-19-13-14-23-26(15-19)32-25-12-4-3-8-22(25)28(23)31(36)37/h3-15H,16H2,1-2H3,(H,36,37). The molecule has 0 saturated carbocycles. The molecule has 0 radical (unpaired) electrons. The van der Waals surface area contributed by atoms with Gasteiger partial charge < -0.3 is 5.11 Å². The van der Waals surface area contributed by atoms with Crippen molar-refractivity contribution in [2.24, 2.45) is 0 Å². The van der Waals surface area contributed by atoms with Gasteiger partial charge in [0, 0.05) is 10.8 Å². The average molecular weight is 487 g/mol. The molecule has 0 atom stereocenters. The summed E-state index contributed by atoms with van der Waals surface area (Å²) < 4.78 is 0. The van der Waals surface area contributed by atoms with Crippen molar-refractivity contribution < 1.29 is 19.5 Å². The lowest BCUT2D eigenvalue weighted by atomic mass is 9.92. The highest BCUT2D eigenvalue weighted by atomic mass is 16.4. The number of carboxylic acids is 1. The van der Waals surface area contributed by atoms with E-state index in [0.29, 0.717) is 38.5 Å². The number of imide groups is 1. The Balaban J connectivity index is 1.41. The van der Waals surface area contributed by atoms with Gasteiger partial charge in [-0.1, -0.05) is 60.7 Å². The molecule has 6 heteroatoms. The fourth-order valence-corrected chi connectivity index (χ4v) is 5.19.